The number of aliphatic imine (C=N–C) groups is 1. The van der Waals surface area contributed by atoms with E-state index in [1.165, 1.54) is 17.7 Å². The minimum atomic E-state index is -0.288. The minimum absolute atomic E-state index is 0.149. The van der Waals surface area contributed by atoms with E-state index in [4.69, 9.17) is 4.99 Å². The number of hydrogen-bond acceptors (Lipinski definition) is 3. The molecule has 166 valence electrons. The van der Waals surface area contributed by atoms with Gasteiger partial charge in [0.05, 0.1) is 11.4 Å². The Morgan fingerprint density at radius 2 is 1.85 bits per heavy atom. The van der Waals surface area contributed by atoms with Crippen molar-refractivity contribution in [3.63, 3.8) is 0 Å². The maximum Gasteiger partial charge on any atom is 0.251 e. The van der Waals surface area contributed by atoms with E-state index in [1.54, 1.807) is 23.9 Å². The van der Waals surface area contributed by atoms with E-state index >= 15 is 0 Å². The molecule has 1 aliphatic rings. The highest BCUT2D eigenvalue weighted by Crippen LogP contribution is 2.41. The van der Waals surface area contributed by atoms with Gasteiger partial charge in [0.2, 0.25) is 0 Å². The van der Waals surface area contributed by atoms with Crippen molar-refractivity contribution < 1.29 is 9.18 Å². The molecule has 33 heavy (non-hydrogen) atoms. The molecule has 0 fully saturated rings. The van der Waals surface area contributed by atoms with Gasteiger partial charge >= 0.3 is 0 Å². The van der Waals surface area contributed by atoms with Crippen LogP contribution in [0, 0.1) is 5.82 Å². The first-order valence-corrected chi connectivity index (χ1v) is 11.7. The van der Waals surface area contributed by atoms with Crippen molar-refractivity contribution in [2.24, 2.45) is 4.99 Å². The van der Waals surface area contributed by atoms with Crippen LogP contribution in [0.15, 0.2) is 105 Å². The van der Waals surface area contributed by atoms with Crippen molar-refractivity contribution in [3.8, 4) is 0 Å². The van der Waals surface area contributed by atoms with E-state index in [0.717, 1.165) is 38.7 Å². The van der Waals surface area contributed by atoms with E-state index in [0.29, 0.717) is 12.1 Å². The predicted molar refractivity (Wildman–Crippen MR) is 134 cm³/mol. The molecule has 1 amide bonds. The van der Waals surface area contributed by atoms with Crippen LogP contribution in [0.25, 0.3) is 0 Å². The number of carbonyl (C=O) groups excluding carboxylic acids is 1. The van der Waals surface area contributed by atoms with Gasteiger partial charge in [0.25, 0.3) is 5.91 Å². The van der Waals surface area contributed by atoms with Crippen molar-refractivity contribution in [2.75, 3.05) is 6.54 Å². The van der Waals surface area contributed by atoms with Crippen molar-refractivity contribution >= 4 is 29.1 Å². The van der Waals surface area contributed by atoms with Crippen LogP contribution >= 0.6 is 11.8 Å². The Balaban J connectivity index is 1.63. The standard InChI is InChI=1S/C28H25FN2OS/c1-3-19(2)8-6-7-17-30-28(32)21-13-16-26-24(18-21)31-27(20-11-14-22(29)15-12-20)23-9-4-5-10-25(23)33-26/h4-16,18H,3,17H2,1-2H3,(H,30,32)/b7-6+,19-8-. The van der Waals surface area contributed by atoms with Gasteiger partial charge in [-0.15, -0.1) is 0 Å². The predicted octanol–water partition coefficient (Wildman–Crippen LogP) is 7.10. The highest BCUT2D eigenvalue weighted by molar-refractivity contribution is 7.99. The summed E-state index contributed by atoms with van der Waals surface area (Å²) >= 11 is 1.62. The number of rotatable bonds is 6. The van der Waals surface area contributed by atoms with Crippen molar-refractivity contribution in [1.82, 2.24) is 5.32 Å². The van der Waals surface area contributed by atoms with Crippen LogP contribution in [-0.4, -0.2) is 18.2 Å². The zero-order valence-electron chi connectivity index (χ0n) is 18.6. The highest BCUT2D eigenvalue weighted by Gasteiger charge is 2.19. The lowest BCUT2D eigenvalue weighted by molar-refractivity contribution is 0.0958. The van der Waals surface area contributed by atoms with E-state index in [-0.39, 0.29) is 11.7 Å². The number of hydrogen-bond donors (Lipinski definition) is 1. The molecule has 0 aromatic heterocycles. The Hall–Kier alpha value is -3.44. The topological polar surface area (TPSA) is 41.5 Å². The van der Waals surface area contributed by atoms with Gasteiger partial charge in [0, 0.05) is 33.0 Å². The summed E-state index contributed by atoms with van der Waals surface area (Å²) in [5.41, 5.74) is 5.13. The summed E-state index contributed by atoms with van der Waals surface area (Å²) < 4.78 is 13.5. The molecule has 0 radical (unpaired) electrons. The third-order valence-corrected chi connectivity index (χ3v) is 6.53. The Kier molecular flexibility index (Phi) is 7.20. The molecule has 4 rings (SSSR count). The Morgan fingerprint density at radius 3 is 2.64 bits per heavy atom. The third kappa shape index (κ3) is 5.49. The van der Waals surface area contributed by atoms with Gasteiger partial charge < -0.3 is 5.32 Å². The Labute approximate surface area is 198 Å². The number of allylic oxidation sites excluding steroid dienone is 3. The van der Waals surface area contributed by atoms with Crippen molar-refractivity contribution in [2.45, 2.75) is 30.1 Å². The fraction of sp³-hybridized carbons (Fsp3) is 0.143. The van der Waals surface area contributed by atoms with E-state index in [9.17, 15) is 9.18 Å². The highest BCUT2D eigenvalue weighted by atomic mass is 32.2. The molecule has 1 N–H and O–H groups in total. The number of nitrogens with zero attached hydrogens (tertiary/aromatic N) is 1. The number of amides is 1. The second-order valence-corrected chi connectivity index (χ2v) is 8.84. The molecule has 1 heterocycles. The molecule has 1 aliphatic heterocycles. The molecular weight excluding hydrogens is 431 g/mol. The van der Waals surface area contributed by atoms with Gasteiger partial charge in [0.1, 0.15) is 5.82 Å². The Bertz CT molecular complexity index is 1260. The fourth-order valence-electron chi connectivity index (χ4n) is 3.38. The molecule has 3 aromatic carbocycles. The monoisotopic (exact) mass is 456 g/mol. The van der Waals surface area contributed by atoms with Crippen LogP contribution in [0.4, 0.5) is 10.1 Å². The largest absolute Gasteiger partial charge is 0.349 e. The average Bonchev–Trinajstić information content (AvgIpc) is 3.00. The first-order valence-electron chi connectivity index (χ1n) is 10.9. The third-order valence-electron chi connectivity index (χ3n) is 5.39. The SMILES string of the molecule is CC/C(C)=C\C=C\CNC(=O)c1ccc2c(c1)N=C(c1ccc(F)cc1)c1ccccc1S2. The molecule has 0 spiro atoms. The van der Waals surface area contributed by atoms with Crippen LogP contribution in [-0.2, 0) is 0 Å². The van der Waals surface area contributed by atoms with Crippen LogP contribution in [0.3, 0.4) is 0 Å². The first kappa shape index (κ1) is 22.7. The summed E-state index contributed by atoms with van der Waals surface area (Å²) in [6.07, 6.45) is 6.95. The van der Waals surface area contributed by atoms with Crippen LogP contribution in [0.1, 0.15) is 41.8 Å². The zero-order chi connectivity index (χ0) is 23.2. The van der Waals surface area contributed by atoms with Gasteiger partial charge in [-0.1, -0.05) is 60.7 Å². The molecule has 0 bridgehead atoms. The summed E-state index contributed by atoms with van der Waals surface area (Å²) in [6, 6.07) is 20.0. The summed E-state index contributed by atoms with van der Waals surface area (Å²) in [7, 11) is 0. The van der Waals surface area contributed by atoms with Gasteiger partial charge in [-0.2, -0.15) is 0 Å². The summed E-state index contributed by atoms with van der Waals surface area (Å²) in [5, 5.41) is 2.93. The molecule has 5 heteroatoms. The van der Waals surface area contributed by atoms with E-state index < -0.39 is 0 Å². The molecule has 0 atom stereocenters. The number of benzene rings is 3. The van der Waals surface area contributed by atoms with Gasteiger partial charge in [-0.3, -0.25) is 4.79 Å². The molecule has 0 saturated carbocycles. The zero-order valence-corrected chi connectivity index (χ0v) is 19.5. The maximum atomic E-state index is 13.5. The second kappa shape index (κ2) is 10.5. The lowest BCUT2D eigenvalue weighted by Gasteiger charge is -2.08. The quantitative estimate of drug-likeness (QED) is 0.314. The molecule has 0 unspecified atom stereocenters. The molecule has 3 nitrogen and oxygen atoms in total. The number of carbonyl (C=O) groups is 1. The van der Waals surface area contributed by atoms with E-state index in [1.807, 2.05) is 48.6 Å². The lowest BCUT2D eigenvalue weighted by atomic mass is 10.0. The van der Waals surface area contributed by atoms with Gasteiger partial charge in [-0.05, 0) is 61.9 Å². The minimum Gasteiger partial charge on any atom is -0.349 e. The van der Waals surface area contributed by atoms with Crippen LogP contribution < -0.4 is 5.32 Å². The first-order chi connectivity index (χ1) is 16.0. The maximum absolute atomic E-state index is 13.5. The van der Waals surface area contributed by atoms with Crippen molar-refractivity contribution in [1.29, 1.82) is 0 Å². The normalized spacial score (nSPS) is 13.2. The summed E-state index contributed by atoms with van der Waals surface area (Å²) in [6.45, 7) is 4.64. The number of nitrogens with one attached hydrogen (secondary N) is 1. The molecular formula is C28H25FN2OS. The molecule has 0 saturated heterocycles. The van der Waals surface area contributed by atoms with Gasteiger partial charge in [0.15, 0.2) is 0 Å². The number of halogens is 1. The Morgan fingerprint density at radius 1 is 1.06 bits per heavy atom. The summed E-state index contributed by atoms with van der Waals surface area (Å²) in [5.74, 6) is -0.437. The second-order valence-electron chi connectivity index (χ2n) is 7.75. The summed E-state index contributed by atoms with van der Waals surface area (Å²) in [4.78, 5) is 19.7. The van der Waals surface area contributed by atoms with E-state index in [2.05, 4.69) is 31.3 Å². The van der Waals surface area contributed by atoms with Crippen LogP contribution in [0.2, 0.25) is 0 Å². The van der Waals surface area contributed by atoms with Gasteiger partial charge in [-0.25, -0.2) is 9.38 Å². The molecule has 3 aromatic rings. The van der Waals surface area contributed by atoms with Crippen molar-refractivity contribution in [3.05, 3.63) is 113 Å². The average molecular weight is 457 g/mol. The molecule has 0 aliphatic carbocycles. The number of fused-ring (bicyclic) bond motifs is 2. The smallest absolute Gasteiger partial charge is 0.251 e. The van der Waals surface area contributed by atoms with Crippen LogP contribution in [0.5, 0.6) is 0 Å². The lowest BCUT2D eigenvalue weighted by Crippen LogP contribution is -2.23. The fourth-order valence-corrected chi connectivity index (χ4v) is 4.39.